The van der Waals surface area contributed by atoms with Crippen molar-refractivity contribution in [2.75, 3.05) is 0 Å². The first-order valence-electron chi connectivity index (χ1n) is 7.85. The van der Waals surface area contributed by atoms with E-state index in [9.17, 15) is 39.3 Å². The number of amides is 1. The molecule has 0 saturated carbocycles. The SMILES string of the molecule is O=C(Cc1cccc([N+](=O)[O-])c1)N[C@@H](Cc1ccc(F)c([N+](=O)[O-])c1)C(=O)O. The van der Waals surface area contributed by atoms with Crippen molar-refractivity contribution in [2.45, 2.75) is 18.9 Å². The number of nitro benzene ring substituents is 2. The van der Waals surface area contributed by atoms with E-state index in [1.807, 2.05) is 0 Å². The van der Waals surface area contributed by atoms with Crippen molar-refractivity contribution in [3.05, 3.63) is 79.6 Å². The third-order valence-electron chi connectivity index (χ3n) is 3.77. The molecule has 11 heteroatoms. The van der Waals surface area contributed by atoms with Crippen LogP contribution in [0.4, 0.5) is 15.8 Å². The predicted octanol–water partition coefficient (Wildman–Crippen LogP) is 2.00. The average molecular weight is 391 g/mol. The predicted molar refractivity (Wildman–Crippen MR) is 93.1 cm³/mol. The Morgan fingerprint density at radius 3 is 2.39 bits per heavy atom. The van der Waals surface area contributed by atoms with E-state index in [4.69, 9.17) is 0 Å². The normalized spacial score (nSPS) is 11.5. The molecule has 1 amide bonds. The zero-order chi connectivity index (χ0) is 20.8. The molecule has 0 aromatic heterocycles. The van der Waals surface area contributed by atoms with Crippen molar-refractivity contribution in [1.82, 2.24) is 5.32 Å². The van der Waals surface area contributed by atoms with Gasteiger partial charge in [-0.2, -0.15) is 4.39 Å². The molecule has 0 fully saturated rings. The van der Waals surface area contributed by atoms with Gasteiger partial charge in [0.1, 0.15) is 6.04 Å². The van der Waals surface area contributed by atoms with Crippen LogP contribution in [-0.4, -0.2) is 32.9 Å². The van der Waals surface area contributed by atoms with Crippen molar-refractivity contribution in [3.63, 3.8) is 0 Å². The summed E-state index contributed by atoms with van der Waals surface area (Å²) >= 11 is 0. The molecule has 0 spiro atoms. The molecule has 1 atom stereocenters. The molecule has 0 bridgehead atoms. The second kappa shape index (κ2) is 8.66. The van der Waals surface area contributed by atoms with Crippen LogP contribution in [0.15, 0.2) is 42.5 Å². The van der Waals surface area contributed by atoms with Crippen LogP contribution in [0.2, 0.25) is 0 Å². The van der Waals surface area contributed by atoms with Gasteiger partial charge < -0.3 is 10.4 Å². The summed E-state index contributed by atoms with van der Waals surface area (Å²) in [7, 11) is 0. The number of benzene rings is 2. The summed E-state index contributed by atoms with van der Waals surface area (Å²) < 4.78 is 13.4. The molecule has 0 aliphatic carbocycles. The summed E-state index contributed by atoms with van der Waals surface area (Å²) in [6, 6.07) is 6.83. The van der Waals surface area contributed by atoms with Gasteiger partial charge in [-0.3, -0.25) is 25.0 Å². The van der Waals surface area contributed by atoms with E-state index >= 15 is 0 Å². The molecule has 0 saturated heterocycles. The molecule has 146 valence electrons. The Hall–Kier alpha value is -3.89. The van der Waals surface area contributed by atoms with Gasteiger partial charge >= 0.3 is 11.7 Å². The highest BCUT2D eigenvalue weighted by Gasteiger charge is 2.23. The molecule has 0 aliphatic rings. The van der Waals surface area contributed by atoms with Crippen LogP contribution in [0.25, 0.3) is 0 Å². The van der Waals surface area contributed by atoms with Gasteiger partial charge in [0.05, 0.1) is 16.3 Å². The summed E-state index contributed by atoms with van der Waals surface area (Å²) in [5.74, 6) is -3.15. The fourth-order valence-corrected chi connectivity index (χ4v) is 2.47. The number of carboxylic acid groups (broad SMARTS) is 1. The van der Waals surface area contributed by atoms with Gasteiger partial charge in [0, 0.05) is 24.6 Å². The number of hydrogen-bond donors (Lipinski definition) is 2. The molecular weight excluding hydrogens is 377 g/mol. The Morgan fingerprint density at radius 2 is 1.79 bits per heavy atom. The molecule has 2 aromatic rings. The van der Waals surface area contributed by atoms with E-state index in [2.05, 4.69) is 5.32 Å². The van der Waals surface area contributed by atoms with Gasteiger partial charge in [0.25, 0.3) is 5.69 Å². The lowest BCUT2D eigenvalue weighted by molar-refractivity contribution is -0.387. The lowest BCUT2D eigenvalue weighted by Gasteiger charge is -2.15. The number of nitrogens with zero attached hydrogens (tertiary/aromatic N) is 2. The van der Waals surface area contributed by atoms with E-state index in [1.54, 1.807) is 0 Å². The summed E-state index contributed by atoms with van der Waals surface area (Å²) in [4.78, 5) is 43.5. The molecule has 2 rings (SSSR count). The number of halogens is 1. The number of hydrogen-bond acceptors (Lipinski definition) is 6. The maximum Gasteiger partial charge on any atom is 0.326 e. The van der Waals surface area contributed by atoms with Crippen LogP contribution in [0.5, 0.6) is 0 Å². The Balaban J connectivity index is 2.10. The largest absolute Gasteiger partial charge is 0.480 e. The molecule has 2 N–H and O–H groups in total. The van der Waals surface area contributed by atoms with Crippen LogP contribution in [0.1, 0.15) is 11.1 Å². The van der Waals surface area contributed by atoms with Crippen LogP contribution in [0, 0.1) is 26.0 Å². The first-order valence-corrected chi connectivity index (χ1v) is 7.85. The number of carbonyl (C=O) groups is 2. The van der Waals surface area contributed by atoms with Crippen molar-refractivity contribution >= 4 is 23.3 Å². The monoisotopic (exact) mass is 391 g/mol. The third kappa shape index (κ3) is 5.30. The van der Waals surface area contributed by atoms with Gasteiger partial charge in [0.2, 0.25) is 11.7 Å². The molecule has 0 heterocycles. The van der Waals surface area contributed by atoms with E-state index in [0.717, 1.165) is 12.1 Å². The van der Waals surface area contributed by atoms with Crippen molar-refractivity contribution in [3.8, 4) is 0 Å². The highest BCUT2D eigenvalue weighted by Crippen LogP contribution is 2.19. The molecule has 0 radical (unpaired) electrons. The van der Waals surface area contributed by atoms with Crippen molar-refractivity contribution in [1.29, 1.82) is 0 Å². The van der Waals surface area contributed by atoms with Crippen LogP contribution in [0.3, 0.4) is 0 Å². The quantitative estimate of drug-likeness (QED) is 0.515. The fraction of sp³-hybridized carbons (Fsp3) is 0.176. The highest BCUT2D eigenvalue weighted by atomic mass is 19.1. The zero-order valence-electron chi connectivity index (χ0n) is 14.2. The first kappa shape index (κ1) is 20.4. The van der Waals surface area contributed by atoms with Crippen molar-refractivity contribution in [2.24, 2.45) is 0 Å². The standard InChI is InChI=1S/C17H14FN3O7/c18-13-5-4-11(8-15(13)21(27)28)7-14(17(23)24)19-16(22)9-10-2-1-3-12(6-10)20(25)26/h1-6,8,14H,7,9H2,(H,19,22)(H,23,24)/t14-/m0/s1. The second-order valence-corrected chi connectivity index (χ2v) is 5.81. The van der Waals surface area contributed by atoms with Gasteiger partial charge in [-0.05, 0) is 17.2 Å². The van der Waals surface area contributed by atoms with Gasteiger partial charge in [-0.25, -0.2) is 4.79 Å². The molecule has 0 aliphatic heterocycles. The topological polar surface area (TPSA) is 153 Å². The minimum atomic E-state index is -1.42. The third-order valence-corrected chi connectivity index (χ3v) is 3.77. The molecule has 2 aromatic carbocycles. The summed E-state index contributed by atoms with van der Waals surface area (Å²) in [6.07, 6.45) is -0.605. The van der Waals surface area contributed by atoms with Crippen LogP contribution >= 0.6 is 0 Å². The lowest BCUT2D eigenvalue weighted by Crippen LogP contribution is -2.43. The Kier molecular flexibility index (Phi) is 6.32. The fourth-order valence-electron chi connectivity index (χ4n) is 2.47. The van der Waals surface area contributed by atoms with Crippen LogP contribution in [-0.2, 0) is 22.4 Å². The number of carboxylic acids is 1. The minimum Gasteiger partial charge on any atom is -0.480 e. The molecule has 10 nitrogen and oxygen atoms in total. The number of aliphatic carboxylic acids is 1. The molecule has 28 heavy (non-hydrogen) atoms. The summed E-state index contributed by atoms with van der Waals surface area (Å²) in [5, 5.41) is 33.1. The molecular formula is C17H14FN3O7. The molecule has 0 unspecified atom stereocenters. The highest BCUT2D eigenvalue weighted by molar-refractivity contribution is 5.85. The van der Waals surface area contributed by atoms with Gasteiger partial charge in [-0.1, -0.05) is 18.2 Å². The maximum absolute atomic E-state index is 13.4. The number of nitrogens with one attached hydrogen (secondary N) is 1. The van der Waals surface area contributed by atoms with E-state index in [0.29, 0.717) is 5.56 Å². The number of nitro groups is 2. The van der Waals surface area contributed by atoms with E-state index in [-0.39, 0.29) is 24.1 Å². The maximum atomic E-state index is 13.4. The number of non-ortho nitro benzene ring substituents is 1. The van der Waals surface area contributed by atoms with E-state index < -0.39 is 39.3 Å². The Bertz CT molecular complexity index is 948. The van der Waals surface area contributed by atoms with E-state index in [1.165, 1.54) is 30.3 Å². The Morgan fingerprint density at radius 1 is 1.07 bits per heavy atom. The van der Waals surface area contributed by atoms with Crippen molar-refractivity contribution < 1.29 is 28.9 Å². The first-order chi connectivity index (χ1) is 13.2. The number of carbonyl (C=O) groups excluding carboxylic acids is 1. The van der Waals surface area contributed by atoms with Gasteiger partial charge in [0.15, 0.2) is 0 Å². The van der Waals surface area contributed by atoms with Crippen LogP contribution < -0.4 is 5.32 Å². The summed E-state index contributed by atoms with van der Waals surface area (Å²) in [6.45, 7) is 0. The average Bonchev–Trinajstić information content (AvgIpc) is 2.62. The number of rotatable bonds is 8. The minimum absolute atomic E-state index is 0.149. The smallest absolute Gasteiger partial charge is 0.326 e. The summed E-state index contributed by atoms with van der Waals surface area (Å²) in [5.41, 5.74) is -0.548. The lowest BCUT2D eigenvalue weighted by atomic mass is 10.0. The van der Waals surface area contributed by atoms with Gasteiger partial charge in [-0.15, -0.1) is 0 Å². The zero-order valence-corrected chi connectivity index (χ0v) is 14.2. The Labute approximate surface area is 156 Å². The second-order valence-electron chi connectivity index (χ2n) is 5.81.